The van der Waals surface area contributed by atoms with Crippen molar-refractivity contribution in [3.63, 3.8) is 0 Å². The molecule has 0 saturated carbocycles. The molecule has 0 amide bonds. The van der Waals surface area contributed by atoms with Gasteiger partial charge in [0.05, 0.1) is 27.8 Å². The summed E-state index contributed by atoms with van der Waals surface area (Å²) in [6.07, 6.45) is 0. The highest BCUT2D eigenvalue weighted by Crippen LogP contribution is 2.63. The van der Waals surface area contributed by atoms with Gasteiger partial charge in [-0.2, -0.15) is 0 Å². The highest BCUT2D eigenvalue weighted by molar-refractivity contribution is 6.13. The van der Waals surface area contributed by atoms with Gasteiger partial charge in [0.2, 0.25) is 0 Å². The van der Waals surface area contributed by atoms with Crippen molar-refractivity contribution in [2.45, 2.75) is 5.41 Å². The highest BCUT2D eigenvalue weighted by Gasteiger charge is 2.51. The van der Waals surface area contributed by atoms with Crippen molar-refractivity contribution in [3.8, 4) is 50.2 Å². The monoisotopic (exact) mass is 800 g/mol. The van der Waals surface area contributed by atoms with Crippen LogP contribution in [0.25, 0.3) is 72.0 Å². The van der Waals surface area contributed by atoms with Crippen molar-refractivity contribution in [1.82, 2.24) is 4.57 Å². The van der Waals surface area contributed by atoms with Gasteiger partial charge in [-0.1, -0.05) is 200 Å². The Morgan fingerprint density at radius 3 is 1.49 bits per heavy atom. The van der Waals surface area contributed by atoms with Crippen LogP contribution < -0.4 is 4.90 Å². The highest BCUT2D eigenvalue weighted by atomic mass is 15.1. The Labute approximate surface area is 367 Å². The molecule has 1 atom stereocenters. The molecule has 10 aromatic carbocycles. The maximum Gasteiger partial charge on any atom is 0.0755 e. The lowest BCUT2D eigenvalue weighted by atomic mass is 9.65. The normalized spacial score (nSPS) is 14.4. The maximum absolute atomic E-state index is 2.51. The molecule has 2 aliphatic rings. The summed E-state index contributed by atoms with van der Waals surface area (Å²) < 4.78 is 2.51. The van der Waals surface area contributed by atoms with Crippen LogP contribution in [0.15, 0.2) is 243 Å². The minimum atomic E-state index is -0.523. The van der Waals surface area contributed by atoms with Gasteiger partial charge in [-0.15, -0.1) is 0 Å². The van der Waals surface area contributed by atoms with Gasteiger partial charge in [0.1, 0.15) is 0 Å². The molecule has 0 N–H and O–H groups in total. The van der Waals surface area contributed by atoms with E-state index in [1.165, 1.54) is 94.3 Å². The van der Waals surface area contributed by atoms with Crippen LogP contribution in [-0.2, 0) is 5.41 Å². The third-order valence-electron chi connectivity index (χ3n) is 13.6. The maximum atomic E-state index is 2.51. The third kappa shape index (κ3) is 5.19. The molecule has 2 heterocycles. The van der Waals surface area contributed by atoms with Crippen molar-refractivity contribution in [1.29, 1.82) is 0 Å². The van der Waals surface area contributed by atoms with Gasteiger partial charge in [0.15, 0.2) is 0 Å². The fourth-order valence-corrected chi connectivity index (χ4v) is 10.9. The molecule has 2 heteroatoms. The van der Waals surface area contributed by atoms with E-state index in [2.05, 4.69) is 252 Å². The van der Waals surface area contributed by atoms with Crippen LogP contribution in [-0.4, -0.2) is 4.57 Å². The molecule has 0 radical (unpaired) electrons. The Morgan fingerprint density at radius 1 is 0.317 bits per heavy atom. The van der Waals surface area contributed by atoms with Crippen LogP contribution in [0.4, 0.5) is 17.1 Å². The SMILES string of the molecule is c1ccc(-c2ccc(-c3ccc(-c4ccc(N(c5ccccc5)c5cccc6c5-c5ccccc5C65c6ccccc6-n6c7ccccc7c7cccc5c76)cc4)cc3)cc2)cc1. The summed E-state index contributed by atoms with van der Waals surface area (Å²) in [5, 5.41) is 2.57. The van der Waals surface area contributed by atoms with E-state index in [-0.39, 0.29) is 0 Å². The van der Waals surface area contributed by atoms with Gasteiger partial charge in [0, 0.05) is 27.7 Å². The zero-order valence-electron chi connectivity index (χ0n) is 34.5. The van der Waals surface area contributed by atoms with Crippen LogP contribution >= 0.6 is 0 Å². The first-order valence-electron chi connectivity index (χ1n) is 21.8. The Morgan fingerprint density at radius 2 is 0.794 bits per heavy atom. The molecule has 0 fully saturated rings. The number of para-hydroxylation sites is 4. The Hall–Kier alpha value is -8.20. The first-order valence-corrected chi connectivity index (χ1v) is 21.8. The lowest BCUT2D eigenvalue weighted by Crippen LogP contribution is -2.33. The van der Waals surface area contributed by atoms with E-state index < -0.39 is 5.41 Å². The summed E-state index contributed by atoms with van der Waals surface area (Å²) in [6, 6.07) is 89.4. The average molecular weight is 801 g/mol. The molecule has 1 aliphatic heterocycles. The number of aromatic nitrogens is 1. The molecule has 63 heavy (non-hydrogen) atoms. The quantitative estimate of drug-likeness (QED) is 0.163. The van der Waals surface area contributed by atoms with Gasteiger partial charge in [-0.3, -0.25) is 0 Å². The van der Waals surface area contributed by atoms with Gasteiger partial charge in [-0.25, -0.2) is 0 Å². The molecular formula is C61H40N2. The van der Waals surface area contributed by atoms with E-state index in [1.807, 2.05) is 0 Å². The van der Waals surface area contributed by atoms with Gasteiger partial charge >= 0.3 is 0 Å². The fourth-order valence-electron chi connectivity index (χ4n) is 10.9. The van der Waals surface area contributed by atoms with E-state index in [9.17, 15) is 0 Å². The number of fused-ring (bicyclic) bond motifs is 12. The summed E-state index contributed by atoms with van der Waals surface area (Å²) in [5.41, 5.74) is 21.7. The summed E-state index contributed by atoms with van der Waals surface area (Å²) in [7, 11) is 0. The smallest absolute Gasteiger partial charge is 0.0755 e. The predicted molar refractivity (Wildman–Crippen MR) is 263 cm³/mol. The van der Waals surface area contributed by atoms with Crippen molar-refractivity contribution in [2.24, 2.45) is 0 Å². The topological polar surface area (TPSA) is 8.17 Å². The number of nitrogens with zero attached hydrogens (tertiary/aromatic N) is 2. The van der Waals surface area contributed by atoms with Gasteiger partial charge < -0.3 is 9.47 Å². The number of hydrogen-bond acceptors (Lipinski definition) is 1. The van der Waals surface area contributed by atoms with Crippen molar-refractivity contribution < 1.29 is 0 Å². The largest absolute Gasteiger partial charge is 0.310 e. The second-order valence-electron chi connectivity index (χ2n) is 16.8. The summed E-state index contributed by atoms with van der Waals surface area (Å²) in [5.74, 6) is 0. The zero-order valence-corrected chi connectivity index (χ0v) is 34.5. The van der Waals surface area contributed by atoms with Gasteiger partial charge in [0.25, 0.3) is 0 Å². The fraction of sp³-hybridized carbons (Fsp3) is 0.0164. The van der Waals surface area contributed by atoms with E-state index in [4.69, 9.17) is 0 Å². The molecule has 0 bridgehead atoms. The molecule has 1 unspecified atom stereocenters. The number of hydrogen-bond donors (Lipinski definition) is 0. The van der Waals surface area contributed by atoms with E-state index in [0.29, 0.717) is 0 Å². The zero-order chi connectivity index (χ0) is 41.5. The average Bonchev–Trinajstić information content (AvgIpc) is 3.86. The second-order valence-corrected chi connectivity index (χ2v) is 16.8. The minimum Gasteiger partial charge on any atom is -0.310 e. The molecule has 1 aliphatic carbocycles. The van der Waals surface area contributed by atoms with Crippen molar-refractivity contribution in [3.05, 3.63) is 265 Å². The lowest BCUT2D eigenvalue weighted by Gasteiger charge is -2.39. The molecule has 294 valence electrons. The first kappa shape index (κ1) is 35.5. The van der Waals surface area contributed by atoms with Crippen molar-refractivity contribution >= 4 is 38.9 Å². The molecule has 1 spiro atoms. The van der Waals surface area contributed by atoms with E-state index >= 15 is 0 Å². The molecule has 0 saturated heterocycles. The van der Waals surface area contributed by atoms with Gasteiger partial charge in [-0.05, 0) is 104 Å². The summed E-state index contributed by atoms with van der Waals surface area (Å²) in [4.78, 5) is 2.45. The first-order chi connectivity index (χ1) is 31.3. The summed E-state index contributed by atoms with van der Waals surface area (Å²) >= 11 is 0. The Kier molecular flexibility index (Phi) is 7.85. The Bertz CT molecular complexity index is 3530. The summed E-state index contributed by atoms with van der Waals surface area (Å²) in [6.45, 7) is 0. The van der Waals surface area contributed by atoms with Crippen LogP contribution in [0.5, 0.6) is 0 Å². The van der Waals surface area contributed by atoms with Crippen LogP contribution in [0.1, 0.15) is 22.3 Å². The molecule has 11 aromatic rings. The second kappa shape index (κ2) is 13.9. The Balaban J connectivity index is 0.946. The number of rotatable bonds is 6. The number of anilines is 3. The van der Waals surface area contributed by atoms with E-state index in [1.54, 1.807) is 0 Å². The third-order valence-corrected chi connectivity index (χ3v) is 13.6. The minimum absolute atomic E-state index is 0.523. The van der Waals surface area contributed by atoms with Crippen molar-refractivity contribution in [2.75, 3.05) is 4.90 Å². The van der Waals surface area contributed by atoms with Crippen LogP contribution in [0.2, 0.25) is 0 Å². The molecular weight excluding hydrogens is 761 g/mol. The van der Waals surface area contributed by atoms with E-state index in [0.717, 1.165) is 17.1 Å². The molecule has 1 aromatic heterocycles. The predicted octanol–water partition coefficient (Wildman–Crippen LogP) is 15.9. The standard InChI is InChI=1S/C61H40N2/c1-3-15-41(16-4-1)42-29-31-43(32-30-42)44-33-35-45(36-34-44)46-37-39-48(40-38-46)62(47-17-5-2-6-18-47)58-28-14-24-54-59(58)51-20-7-9-22-52(51)61(54)53-23-10-12-27-57(53)63-56-26-11-8-19-49(56)50-21-13-25-55(61)60(50)63/h1-40H. The molecule has 2 nitrogen and oxygen atoms in total. The van der Waals surface area contributed by atoms with Crippen LogP contribution in [0.3, 0.4) is 0 Å². The lowest BCUT2D eigenvalue weighted by molar-refractivity contribution is 0.748. The van der Waals surface area contributed by atoms with Crippen LogP contribution in [0, 0.1) is 0 Å². The number of benzene rings is 10. The molecule has 13 rings (SSSR count).